The van der Waals surface area contributed by atoms with E-state index in [-0.39, 0.29) is 0 Å². The van der Waals surface area contributed by atoms with Crippen molar-refractivity contribution >= 4 is 11.8 Å². The lowest BCUT2D eigenvalue weighted by molar-refractivity contribution is 1.05. The molecule has 1 aromatic rings. The second kappa shape index (κ2) is 4.13. The highest BCUT2D eigenvalue weighted by molar-refractivity contribution is 8.00. The summed E-state index contributed by atoms with van der Waals surface area (Å²) >= 11 is 1.65. The topological polar surface area (TPSA) is 25.8 Å². The van der Waals surface area contributed by atoms with Gasteiger partial charge in [-0.2, -0.15) is 0 Å². The Hall–Kier alpha value is -0.830. The van der Waals surface area contributed by atoms with Crippen molar-refractivity contribution in [2.45, 2.75) is 17.2 Å². The van der Waals surface area contributed by atoms with Crippen molar-refractivity contribution < 1.29 is 0 Å². The molecule has 0 saturated carbocycles. The number of hydrogen-bond donors (Lipinski definition) is 0. The van der Waals surface area contributed by atoms with Gasteiger partial charge < -0.3 is 0 Å². The van der Waals surface area contributed by atoms with Crippen molar-refractivity contribution in [3.05, 3.63) is 31.2 Å². The summed E-state index contributed by atoms with van der Waals surface area (Å²) in [7, 11) is 0. The Bertz CT molecular complexity index is 223. The van der Waals surface area contributed by atoms with Crippen molar-refractivity contribution in [1.82, 2.24) is 9.97 Å². The van der Waals surface area contributed by atoms with E-state index in [1.165, 1.54) is 0 Å². The molecule has 0 aromatic carbocycles. The number of aromatic nitrogens is 2. The summed E-state index contributed by atoms with van der Waals surface area (Å²) < 4.78 is 0. The maximum Gasteiger partial charge on any atom is 0.115 e. The highest BCUT2D eigenvalue weighted by Gasteiger charge is 1.98. The molecule has 0 bridgehead atoms. The van der Waals surface area contributed by atoms with E-state index in [0.717, 1.165) is 5.03 Å². The van der Waals surface area contributed by atoms with Crippen molar-refractivity contribution in [1.29, 1.82) is 0 Å². The van der Waals surface area contributed by atoms with Gasteiger partial charge in [0, 0.05) is 17.6 Å². The second-order valence-electron chi connectivity index (χ2n) is 2.10. The number of nitrogens with zero attached hydrogens (tertiary/aromatic N) is 2. The van der Waals surface area contributed by atoms with Crippen LogP contribution in [0.25, 0.3) is 0 Å². The minimum absolute atomic E-state index is 0.395. The summed E-state index contributed by atoms with van der Waals surface area (Å²) in [5.41, 5.74) is 0. The molecule has 58 valence electrons. The first-order chi connectivity index (χ1) is 5.33. The Balaban J connectivity index is 2.57. The lowest BCUT2D eigenvalue weighted by Crippen LogP contribution is -1.90. The molecule has 1 aromatic heterocycles. The molecule has 0 aliphatic rings. The third kappa shape index (κ3) is 2.72. The summed E-state index contributed by atoms with van der Waals surface area (Å²) in [5.74, 6) is 0. The zero-order valence-corrected chi connectivity index (χ0v) is 7.21. The van der Waals surface area contributed by atoms with Crippen LogP contribution in [0.15, 0.2) is 36.3 Å². The molecule has 11 heavy (non-hydrogen) atoms. The van der Waals surface area contributed by atoms with E-state index in [4.69, 9.17) is 0 Å². The molecule has 0 radical (unpaired) electrons. The van der Waals surface area contributed by atoms with Crippen LogP contribution in [0, 0.1) is 0 Å². The third-order valence-corrected chi connectivity index (χ3v) is 2.19. The van der Waals surface area contributed by atoms with Gasteiger partial charge in [-0.25, -0.2) is 4.98 Å². The first-order valence-corrected chi connectivity index (χ1v) is 4.26. The highest BCUT2D eigenvalue weighted by atomic mass is 32.2. The molecule has 1 rings (SSSR count). The summed E-state index contributed by atoms with van der Waals surface area (Å²) in [6.07, 6.45) is 7.00. The van der Waals surface area contributed by atoms with Gasteiger partial charge >= 0.3 is 0 Å². The second-order valence-corrected chi connectivity index (χ2v) is 3.50. The van der Waals surface area contributed by atoms with Crippen LogP contribution in [0.5, 0.6) is 0 Å². The normalized spacial score (nSPS) is 12.5. The largest absolute Gasteiger partial charge is 0.260 e. The first kappa shape index (κ1) is 8.27. The van der Waals surface area contributed by atoms with Gasteiger partial charge in [0.15, 0.2) is 0 Å². The minimum Gasteiger partial charge on any atom is -0.260 e. The van der Waals surface area contributed by atoms with Gasteiger partial charge in [-0.3, -0.25) is 4.98 Å². The molecule has 1 heterocycles. The fourth-order valence-corrected chi connectivity index (χ4v) is 1.31. The van der Waals surface area contributed by atoms with Crippen LogP contribution in [0.1, 0.15) is 6.92 Å². The zero-order valence-electron chi connectivity index (χ0n) is 6.40. The van der Waals surface area contributed by atoms with Crippen molar-refractivity contribution in [2.75, 3.05) is 0 Å². The Morgan fingerprint density at radius 3 is 3.00 bits per heavy atom. The predicted octanol–water partition coefficient (Wildman–Crippen LogP) is 2.14. The highest BCUT2D eigenvalue weighted by Crippen LogP contribution is 2.19. The Kier molecular flexibility index (Phi) is 3.11. The molecule has 1 unspecified atom stereocenters. The molecule has 0 aliphatic heterocycles. The maximum atomic E-state index is 4.12. The van der Waals surface area contributed by atoms with Crippen molar-refractivity contribution in [3.8, 4) is 0 Å². The number of hydrogen-bond acceptors (Lipinski definition) is 3. The molecule has 0 spiro atoms. The molecule has 0 N–H and O–H groups in total. The van der Waals surface area contributed by atoms with E-state index >= 15 is 0 Å². The predicted molar refractivity (Wildman–Crippen MR) is 47.5 cm³/mol. The van der Waals surface area contributed by atoms with E-state index in [2.05, 4.69) is 23.5 Å². The van der Waals surface area contributed by atoms with Gasteiger partial charge in [0.1, 0.15) is 5.03 Å². The van der Waals surface area contributed by atoms with Crippen LogP contribution in [0.3, 0.4) is 0 Å². The maximum absolute atomic E-state index is 4.12. The number of thioether (sulfide) groups is 1. The van der Waals surface area contributed by atoms with Gasteiger partial charge in [-0.1, -0.05) is 17.8 Å². The van der Waals surface area contributed by atoms with Gasteiger partial charge in [0.05, 0.1) is 6.20 Å². The fraction of sp³-hybridized carbons (Fsp3) is 0.250. The standard InChI is InChI=1S/C8H10N2S/c1-3-7(2)11-8-6-9-4-5-10-8/h3-7H,1H2,2H3. The fourth-order valence-electron chi connectivity index (χ4n) is 0.585. The van der Waals surface area contributed by atoms with Crippen molar-refractivity contribution in [3.63, 3.8) is 0 Å². The van der Waals surface area contributed by atoms with Crippen LogP contribution in [-0.4, -0.2) is 15.2 Å². The van der Waals surface area contributed by atoms with Gasteiger partial charge in [-0.05, 0) is 6.92 Å². The first-order valence-electron chi connectivity index (χ1n) is 3.38. The molecular weight excluding hydrogens is 156 g/mol. The van der Waals surface area contributed by atoms with Gasteiger partial charge in [0.25, 0.3) is 0 Å². The van der Waals surface area contributed by atoms with E-state index in [9.17, 15) is 0 Å². The summed E-state index contributed by atoms with van der Waals surface area (Å²) in [6.45, 7) is 5.76. The molecule has 0 aliphatic carbocycles. The van der Waals surface area contributed by atoms with E-state index in [1.54, 1.807) is 30.4 Å². The molecule has 0 fully saturated rings. The Morgan fingerprint density at radius 1 is 1.64 bits per heavy atom. The Morgan fingerprint density at radius 2 is 2.45 bits per heavy atom. The Labute approximate surface area is 70.8 Å². The van der Waals surface area contributed by atoms with Crippen LogP contribution in [0.2, 0.25) is 0 Å². The third-order valence-electron chi connectivity index (χ3n) is 1.18. The van der Waals surface area contributed by atoms with Crippen LogP contribution in [0.4, 0.5) is 0 Å². The van der Waals surface area contributed by atoms with Crippen LogP contribution < -0.4 is 0 Å². The number of rotatable bonds is 3. The SMILES string of the molecule is C=CC(C)Sc1cnccn1. The summed E-state index contributed by atoms with van der Waals surface area (Å²) in [4.78, 5) is 8.07. The van der Waals surface area contributed by atoms with Gasteiger partial charge in [-0.15, -0.1) is 6.58 Å². The lowest BCUT2D eigenvalue weighted by atomic mass is 10.5. The van der Waals surface area contributed by atoms with Crippen molar-refractivity contribution in [2.24, 2.45) is 0 Å². The van der Waals surface area contributed by atoms with E-state index in [1.807, 2.05) is 6.08 Å². The summed E-state index contributed by atoms with van der Waals surface area (Å²) in [5, 5.41) is 1.34. The molecule has 1 atom stereocenters. The van der Waals surface area contributed by atoms with Crippen LogP contribution >= 0.6 is 11.8 Å². The van der Waals surface area contributed by atoms with Gasteiger partial charge in [0.2, 0.25) is 0 Å². The molecular formula is C8H10N2S. The molecule has 0 amide bonds. The lowest BCUT2D eigenvalue weighted by Gasteiger charge is -2.02. The molecule has 3 heteroatoms. The average Bonchev–Trinajstić information content (AvgIpc) is 2.06. The summed E-state index contributed by atoms with van der Waals surface area (Å²) in [6, 6.07) is 0. The molecule has 0 saturated heterocycles. The smallest absolute Gasteiger partial charge is 0.115 e. The van der Waals surface area contributed by atoms with E-state index in [0.29, 0.717) is 5.25 Å². The minimum atomic E-state index is 0.395. The quantitative estimate of drug-likeness (QED) is 0.508. The average molecular weight is 166 g/mol. The monoisotopic (exact) mass is 166 g/mol. The van der Waals surface area contributed by atoms with E-state index < -0.39 is 0 Å². The van der Waals surface area contributed by atoms with Crippen LogP contribution in [-0.2, 0) is 0 Å². The molecule has 2 nitrogen and oxygen atoms in total. The zero-order chi connectivity index (χ0) is 8.10.